The standard InChI is InChI=1S/C15H23N3.ClH/c1-10(2)18-14(15-16-8-9-17-15)13-7-5-6-11(3)12(13)4;/h5-7,10,14,18H,8-9H2,1-4H3,(H,16,17);1H. The maximum atomic E-state index is 4.58. The highest BCUT2D eigenvalue weighted by atomic mass is 35.5. The molecule has 4 heteroatoms. The van der Waals surface area contributed by atoms with Gasteiger partial charge in [-0.05, 0) is 44.4 Å². The van der Waals surface area contributed by atoms with E-state index in [-0.39, 0.29) is 18.4 Å². The van der Waals surface area contributed by atoms with Gasteiger partial charge < -0.3 is 10.6 Å². The molecule has 1 aromatic rings. The summed E-state index contributed by atoms with van der Waals surface area (Å²) in [6.07, 6.45) is 0. The zero-order valence-electron chi connectivity index (χ0n) is 12.2. The molecular weight excluding hydrogens is 258 g/mol. The Balaban J connectivity index is 0.00000180. The van der Waals surface area contributed by atoms with Gasteiger partial charge in [-0.3, -0.25) is 4.99 Å². The van der Waals surface area contributed by atoms with Crippen LogP contribution in [-0.2, 0) is 0 Å². The molecule has 1 aliphatic heterocycles. The highest BCUT2D eigenvalue weighted by molar-refractivity contribution is 5.90. The van der Waals surface area contributed by atoms with Gasteiger partial charge in [-0.1, -0.05) is 18.2 Å². The van der Waals surface area contributed by atoms with Crippen molar-refractivity contribution < 1.29 is 0 Å². The summed E-state index contributed by atoms with van der Waals surface area (Å²) in [6, 6.07) is 7.11. The maximum Gasteiger partial charge on any atom is 0.118 e. The van der Waals surface area contributed by atoms with Crippen LogP contribution < -0.4 is 10.6 Å². The van der Waals surface area contributed by atoms with Gasteiger partial charge in [0.2, 0.25) is 0 Å². The predicted octanol–water partition coefficient (Wildman–Crippen LogP) is 2.77. The van der Waals surface area contributed by atoms with Gasteiger partial charge in [0, 0.05) is 12.6 Å². The Labute approximate surface area is 122 Å². The number of benzene rings is 1. The van der Waals surface area contributed by atoms with Crippen LogP contribution in [0, 0.1) is 13.8 Å². The van der Waals surface area contributed by atoms with Crippen LogP contribution in [0.5, 0.6) is 0 Å². The third-order valence-electron chi connectivity index (χ3n) is 3.43. The van der Waals surface area contributed by atoms with Gasteiger partial charge >= 0.3 is 0 Å². The first-order valence-corrected chi connectivity index (χ1v) is 6.70. The number of hydrogen-bond donors (Lipinski definition) is 2. The second-order valence-corrected chi connectivity index (χ2v) is 5.24. The minimum Gasteiger partial charge on any atom is -0.370 e. The zero-order chi connectivity index (χ0) is 13.1. The second-order valence-electron chi connectivity index (χ2n) is 5.24. The molecule has 1 aliphatic rings. The summed E-state index contributed by atoms with van der Waals surface area (Å²) in [4.78, 5) is 4.58. The van der Waals surface area contributed by atoms with E-state index in [9.17, 15) is 0 Å². The van der Waals surface area contributed by atoms with E-state index in [1.54, 1.807) is 0 Å². The Morgan fingerprint density at radius 1 is 1.26 bits per heavy atom. The van der Waals surface area contributed by atoms with Crippen LogP contribution in [0.2, 0.25) is 0 Å². The van der Waals surface area contributed by atoms with Crippen LogP contribution in [0.1, 0.15) is 36.6 Å². The quantitative estimate of drug-likeness (QED) is 0.890. The molecule has 0 radical (unpaired) electrons. The Hall–Kier alpha value is -1.06. The first kappa shape index (κ1) is 16.0. The van der Waals surface area contributed by atoms with E-state index < -0.39 is 0 Å². The van der Waals surface area contributed by atoms with Crippen LogP contribution >= 0.6 is 12.4 Å². The van der Waals surface area contributed by atoms with Crippen molar-refractivity contribution in [2.75, 3.05) is 13.1 Å². The van der Waals surface area contributed by atoms with Crippen LogP contribution in [0.15, 0.2) is 23.2 Å². The molecule has 2 N–H and O–H groups in total. The first-order valence-electron chi connectivity index (χ1n) is 6.70. The second kappa shape index (κ2) is 6.92. The van der Waals surface area contributed by atoms with Crippen molar-refractivity contribution in [3.8, 4) is 0 Å². The molecule has 0 aromatic heterocycles. The lowest BCUT2D eigenvalue weighted by atomic mass is 9.96. The summed E-state index contributed by atoms with van der Waals surface area (Å²) < 4.78 is 0. The zero-order valence-corrected chi connectivity index (χ0v) is 13.0. The number of aryl methyl sites for hydroxylation is 1. The van der Waals surface area contributed by atoms with E-state index in [0.29, 0.717) is 6.04 Å². The van der Waals surface area contributed by atoms with Crippen LogP contribution in [0.3, 0.4) is 0 Å². The first-order chi connectivity index (χ1) is 8.59. The van der Waals surface area contributed by atoms with E-state index in [4.69, 9.17) is 0 Å². The summed E-state index contributed by atoms with van der Waals surface area (Å²) in [5.41, 5.74) is 4.02. The van der Waals surface area contributed by atoms with E-state index in [1.807, 2.05) is 0 Å². The molecule has 3 nitrogen and oxygen atoms in total. The van der Waals surface area contributed by atoms with Crippen LogP contribution in [0.4, 0.5) is 0 Å². The molecule has 1 heterocycles. The number of nitrogens with one attached hydrogen (secondary N) is 2. The van der Waals surface area contributed by atoms with Crippen molar-refractivity contribution in [2.45, 2.75) is 39.8 Å². The Kier molecular flexibility index (Phi) is 5.83. The average Bonchev–Trinajstić information content (AvgIpc) is 2.83. The normalized spacial score (nSPS) is 15.7. The lowest BCUT2D eigenvalue weighted by Gasteiger charge is -2.24. The molecule has 19 heavy (non-hydrogen) atoms. The molecule has 0 spiro atoms. The Morgan fingerprint density at radius 3 is 2.58 bits per heavy atom. The lowest BCUT2D eigenvalue weighted by Crippen LogP contribution is -2.39. The van der Waals surface area contributed by atoms with Gasteiger partial charge in [-0.25, -0.2) is 0 Å². The molecule has 0 fully saturated rings. The Morgan fingerprint density at radius 2 is 2.00 bits per heavy atom. The molecule has 2 rings (SSSR count). The van der Waals surface area contributed by atoms with Gasteiger partial charge in [0.05, 0.1) is 12.6 Å². The number of aliphatic imine (C=N–C) groups is 1. The summed E-state index contributed by atoms with van der Waals surface area (Å²) in [5.74, 6) is 1.08. The van der Waals surface area contributed by atoms with Crippen molar-refractivity contribution in [3.05, 3.63) is 34.9 Å². The summed E-state index contributed by atoms with van der Waals surface area (Å²) >= 11 is 0. The van der Waals surface area contributed by atoms with Gasteiger partial charge in [0.25, 0.3) is 0 Å². The molecule has 1 aromatic carbocycles. The molecule has 106 valence electrons. The SMILES string of the molecule is Cc1cccc(C(NC(C)C)C2=NCCN2)c1C.Cl. The summed E-state index contributed by atoms with van der Waals surface area (Å²) in [6.45, 7) is 10.5. The van der Waals surface area contributed by atoms with E-state index >= 15 is 0 Å². The topological polar surface area (TPSA) is 36.4 Å². The largest absolute Gasteiger partial charge is 0.370 e. The van der Waals surface area contributed by atoms with Crippen LogP contribution in [0.25, 0.3) is 0 Å². The molecule has 1 atom stereocenters. The number of rotatable bonds is 4. The van der Waals surface area contributed by atoms with Gasteiger partial charge in [-0.2, -0.15) is 0 Å². The molecule has 0 amide bonds. The fourth-order valence-electron chi connectivity index (χ4n) is 2.35. The molecular formula is C15H24ClN3. The molecule has 0 aliphatic carbocycles. The fourth-order valence-corrected chi connectivity index (χ4v) is 2.35. The van der Waals surface area contributed by atoms with Crippen molar-refractivity contribution in [3.63, 3.8) is 0 Å². The number of amidine groups is 1. The molecule has 0 saturated carbocycles. The third kappa shape index (κ3) is 3.71. The van der Waals surface area contributed by atoms with Crippen molar-refractivity contribution in [1.82, 2.24) is 10.6 Å². The lowest BCUT2D eigenvalue weighted by molar-refractivity contribution is 0.550. The minimum absolute atomic E-state index is 0. The predicted molar refractivity (Wildman–Crippen MR) is 84.5 cm³/mol. The van der Waals surface area contributed by atoms with Gasteiger partial charge in [0.15, 0.2) is 0 Å². The van der Waals surface area contributed by atoms with Gasteiger partial charge in [0.1, 0.15) is 5.84 Å². The maximum absolute atomic E-state index is 4.58. The number of nitrogens with zero attached hydrogens (tertiary/aromatic N) is 1. The summed E-state index contributed by atoms with van der Waals surface area (Å²) in [7, 11) is 0. The Bertz CT molecular complexity index is 455. The highest BCUT2D eigenvalue weighted by Gasteiger charge is 2.22. The molecule has 1 unspecified atom stereocenters. The number of hydrogen-bond acceptors (Lipinski definition) is 3. The van der Waals surface area contributed by atoms with Crippen molar-refractivity contribution in [2.24, 2.45) is 4.99 Å². The monoisotopic (exact) mass is 281 g/mol. The molecule has 0 saturated heterocycles. The van der Waals surface area contributed by atoms with Gasteiger partial charge in [-0.15, -0.1) is 12.4 Å². The highest BCUT2D eigenvalue weighted by Crippen LogP contribution is 2.22. The third-order valence-corrected chi connectivity index (χ3v) is 3.43. The minimum atomic E-state index is 0. The average molecular weight is 282 g/mol. The van der Waals surface area contributed by atoms with E-state index in [2.05, 4.69) is 61.5 Å². The van der Waals surface area contributed by atoms with E-state index in [1.165, 1.54) is 16.7 Å². The number of halogens is 1. The van der Waals surface area contributed by atoms with Crippen LogP contribution in [-0.4, -0.2) is 25.0 Å². The molecule has 0 bridgehead atoms. The summed E-state index contributed by atoms with van der Waals surface area (Å²) in [5, 5.41) is 7.01. The van der Waals surface area contributed by atoms with Crippen molar-refractivity contribution >= 4 is 18.2 Å². The smallest absolute Gasteiger partial charge is 0.118 e. The fraction of sp³-hybridized carbons (Fsp3) is 0.533. The van der Waals surface area contributed by atoms with E-state index in [0.717, 1.165) is 18.9 Å². The van der Waals surface area contributed by atoms with Crippen molar-refractivity contribution in [1.29, 1.82) is 0 Å².